The molecule has 0 aliphatic carbocycles. The first-order chi connectivity index (χ1) is 12.0. The van der Waals surface area contributed by atoms with Gasteiger partial charge in [-0.3, -0.25) is 19.6 Å². The van der Waals surface area contributed by atoms with E-state index in [4.69, 9.17) is 0 Å². The van der Waals surface area contributed by atoms with Gasteiger partial charge in [0.2, 0.25) is 0 Å². The minimum absolute atomic E-state index is 0.131. The highest BCUT2D eigenvalue weighted by Crippen LogP contribution is 2.14. The number of aromatic nitrogens is 3. The summed E-state index contributed by atoms with van der Waals surface area (Å²) in [6.45, 7) is 2.66. The number of nitrogens with one attached hydrogen (secondary N) is 2. The van der Waals surface area contributed by atoms with Gasteiger partial charge in [0.1, 0.15) is 11.4 Å². The highest BCUT2D eigenvalue weighted by atomic mass is 16.3. The van der Waals surface area contributed by atoms with E-state index in [2.05, 4.69) is 15.0 Å². The number of nitrogens with zero attached hydrogens (tertiary/aromatic N) is 2. The molecular weight excluding hydrogens is 324 g/mol. The molecule has 0 spiro atoms. The third-order valence-electron chi connectivity index (χ3n) is 3.82. The van der Waals surface area contributed by atoms with E-state index in [0.29, 0.717) is 13.1 Å². The number of aromatic amines is 2. The lowest BCUT2D eigenvalue weighted by Gasteiger charge is -2.21. The molecule has 0 bridgehead atoms. The van der Waals surface area contributed by atoms with Crippen LogP contribution in [0.15, 0.2) is 46.1 Å². The largest absolute Gasteiger partial charge is 0.508 e. The van der Waals surface area contributed by atoms with Gasteiger partial charge in [-0.1, -0.05) is 12.1 Å². The van der Waals surface area contributed by atoms with Crippen molar-refractivity contribution < 1.29 is 9.90 Å². The lowest BCUT2D eigenvalue weighted by atomic mass is 10.1. The maximum atomic E-state index is 12.7. The summed E-state index contributed by atoms with van der Waals surface area (Å²) in [6, 6.07) is 8.00. The molecule has 25 heavy (non-hydrogen) atoms. The van der Waals surface area contributed by atoms with Crippen molar-refractivity contribution in [3.63, 3.8) is 0 Å². The van der Waals surface area contributed by atoms with Gasteiger partial charge in [0, 0.05) is 19.3 Å². The topological polar surface area (TPSA) is 119 Å². The van der Waals surface area contributed by atoms with Crippen LogP contribution in [0.3, 0.4) is 0 Å². The molecule has 128 valence electrons. The van der Waals surface area contributed by atoms with Crippen LogP contribution in [0.1, 0.15) is 22.8 Å². The highest BCUT2D eigenvalue weighted by Gasteiger charge is 2.16. The predicted octanol–water partition coefficient (Wildman–Crippen LogP) is 0.979. The first-order valence-electron chi connectivity index (χ1n) is 7.67. The molecule has 0 fully saturated rings. The molecule has 2 heterocycles. The number of H-pyrrole nitrogens is 2. The maximum Gasteiger partial charge on any atom is 0.327 e. The molecule has 3 aromatic rings. The van der Waals surface area contributed by atoms with E-state index in [1.54, 1.807) is 29.2 Å². The van der Waals surface area contributed by atoms with Crippen LogP contribution in [0.4, 0.5) is 0 Å². The van der Waals surface area contributed by atoms with Gasteiger partial charge in [-0.15, -0.1) is 0 Å². The Balaban J connectivity index is 1.92. The average molecular weight is 340 g/mol. The Kier molecular flexibility index (Phi) is 4.34. The van der Waals surface area contributed by atoms with Crippen LogP contribution < -0.4 is 11.2 Å². The summed E-state index contributed by atoms with van der Waals surface area (Å²) in [5.41, 5.74) is 0.00978. The van der Waals surface area contributed by atoms with E-state index in [-0.39, 0.29) is 28.3 Å². The molecule has 0 aliphatic heterocycles. The van der Waals surface area contributed by atoms with Crippen molar-refractivity contribution in [3.8, 4) is 5.75 Å². The van der Waals surface area contributed by atoms with Crippen molar-refractivity contribution in [1.82, 2.24) is 19.9 Å². The van der Waals surface area contributed by atoms with Gasteiger partial charge >= 0.3 is 5.69 Å². The number of phenolic OH excluding ortho intramolecular Hbond substituents is 1. The normalized spacial score (nSPS) is 10.8. The van der Waals surface area contributed by atoms with E-state index in [1.165, 1.54) is 12.3 Å². The number of carbonyl (C=O) groups is 1. The molecule has 0 saturated carbocycles. The second-order valence-electron chi connectivity index (χ2n) is 5.51. The third kappa shape index (κ3) is 3.42. The van der Waals surface area contributed by atoms with Crippen molar-refractivity contribution >= 4 is 16.9 Å². The van der Waals surface area contributed by atoms with E-state index in [0.717, 1.165) is 5.56 Å². The summed E-state index contributed by atoms with van der Waals surface area (Å²) in [4.78, 5) is 46.0. The Morgan fingerprint density at radius 3 is 2.60 bits per heavy atom. The summed E-state index contributed by atoms with van der Waals surface area (Å²) in [6.07, 6.45) is 1.33. The van der Waals surface area contributed by atoms with Crippen LogP contribution >= 0.6 is 0 Å². The van der Waals surface area contributed by atoms with Gasteiger partial charge in [0.25, 0.3) is 11.5 Å². The molecule has 3 rings (SSSR count). The van der Waals surface area contributed by atoms with E-state index in [9.17, 15) is 19.5 Å². The summed E-state index contributed by atoms with van der Waals surface area (Å²) in [7, 11) is 0. The molecule has 8 heteroatoms. The Morgan fingerprint density at radius 2 is 1.92 bits per heavy atom. The SMILES string of the molecule is CCN(Cc1ccc(O)cc1)C(=O)c1cnc2[nH]c(=O)[nH]c(=O)c2c1. The molecule has 0 unspecified atom stereocenters. The quantitative estimate of drug-likeness (QED) is 0.654. The number of amides is 1. The predicted molar refractivity (Wildman–Crippen MR) is 91.5 cm³/mol. The molecule has 2 aromatic heterocycles. The van der Waals surface area contributed by atoms with Crippen molar-refractivity contribution in [2.24, 2.45) is 0 Å². The fraction of sp³-hybridized carbons (Fsp3) is 0.176. The van der Waals surface area contributed by atoms with Gasteiger partial charge in [-0.2, -0.15) is 0 Å². The van der Waals surface area contributed by atoms with Gasteiger partial charge in [-0.05, 0) is 30.7 Å². The zero-order valence-corrected chi connectivity index (χ0v) is 13.4. The molecule has 1 aromatic carbocycles. The number of carbonyl (C=O) groups excluding carboxylic acids is 1. The zero-order valence-electron chi connectivity index (χ0n) is 13.4. The smallest absolute Gasteiger partial charge is 0.327 e. The number of benzene rings is 1. The van der Waals surface area contributed by atoms with Crippen LogP contribution in [0.5, 0.6) is 5.75 Å². The van der Waals surface area contributed by atoms with Crippen molar-refractivity contribution in [2.75, 3.05) is 6.54 Å². The molecule has 0 saturated heterocycles. The van der Waals surface area contributed by atoms with Crippen molar-refractivity contribution in [3.05, 3.63) is 68.5 Å². The lowest BCUT2D eigenvalue weighted by molar-refractivity contribution is 0.0752. The van der Waals surface area contributed by atoms with E-state index in [1.807, 2.05) is 6.92 Å². The minimum Gasteiger partial charge on any atom is -0.508 e. The van der Waals surface area contributed by atoms with Crippen LogP contribution in [-0.2, 0) is 6.54 Å². The summed E-state index contributed by atoms with van der Waals surface area (Å²) in [5, 5.41) is 9.48. The van der Waals surface area contributed by atoms with Gasteiger partial charge in [0.15, 0.2) is 0 Å². The fourth-order valence-corrected chi connectivity index (χ4v) is 2.50. The standard InChI is InChI=1S/C17H16N4O4/c1-2-21(9-10-3-5-12(22)6-4-10)16(24)11-7-13-14(18-8-11)19-17(25)20-15(13)23/h3-8,22H,2,9H2,1H3,(H2,18,19,20,23,25). The summed E-state index contributed by atoms with van der Waals surface area (Å²) < 4.78 is 0. The summed E-state index contributed by atoms with van der Waals surface area (Å²) in [5.74, 6) is -0.124. The summed E-state index contributed by atoms with van der Waals surface area (Å²) >= 11 is 0. The number of fused-ring (bicyclic) bond motifs is 1. The average Bonchev–Trinajstić information content (AvgIpc) is 2.60. The number of hydrogen-bond donors (Lipinski definition) is 3. The molecule has 3 N–H and O–H groups in total. The third-order valence-corrected chi connectivity index (χ3v) is 3.82. The van der Waals surface area contributed by atoms with Crippen molar-refractivity contribution in [1.29, 1.82) is 0 Å². The lowest BCUT2D eigenvalue weighted by Crippen LogP contribution is -2.31. The Hall–Kier alpha value is -3.42. The molecule has 8 nitrogen and oxygen atoms in total. The highest BCUT2D eigenvalue weighted by molar-refractivity contribution is 5.96. The monoisotopic (exact) mass is 340 g/mol. The Bertz CT molecular complexity index is 1040. The second kappa shape index (κ2) is 6.60. The fourth-order valence-electron chi connectivity index (χ4n) is 2.50. The number of rotatable bonds is 4. The van der Waals surface area contributed by atoms with Gasteiger partial charge in [-0.25, -0.2) is 9.78 Å². The maximum absolute atomic E-state index is 12.7. The van der Waals surface area contributed by atoms with Crippen LogP contribution in [0.25, 0.3) is 11.0 Å². The molecule has 1 amide bonds. The van der Waals surface area contributed by atoms with Gasteiger partial charge in [0.05, 0.1) is 10.9 Å². The zero-order chi connectivity index (χ0) is 18.0. The van der Waals surface area contributed by atoms with Crippen LogP contribution in [-0.4, -0.2) is 37.4 Å². The number of aromatic hydroxyl groups is 1. The van der Waals surface area contributed by atoms with Crippen LogP contribution in [0.2, 0.25) is 0 Å². The molecule has 0 atom stereocenters. The Morgan fingerprint density at radius 1 is 1.20 bits per heavy atom. The molecular formula is C17H16N4O4. The second-order valence-corrected chi connectivity index (χ2v) is 5.51. The number of pyridine rings is 1. The number of phenols is 1. The van der Waals surface area contributed by atoms with Crippen LogP contribution in [0, 0.1) is 0 Å². The van der Waals surface area contributed by atoms with Crippen molar-refractivity contribution in [2.45, 2.75) is 13.5 Å². The van der Waals surface area contributed by atoms with E-state index >= 15 is 0 Å². The molecule has 0 aliphatic rings. The Labute approximate surface area is 141 Å². The molecule has 0 radical (unpaired) electrons. The van der Waals surface area contributed by atoms with Gasteiger partial charge < -0.3 is 10.0 Å². The number of hydrogen-bond acceptors (Lipinski definition) is 5. The first kappa shape index (κ1) is 16.4. The van der Waals surface area contributed by atoms with E-state index < -0.39 is 11.2 Å². The first-order valence-corrected chi connectivity index (χ1v) is 7.67. The minimum atomic E-state index is -0.647.